The van der Waals surface area contributed by atoms with E-state index in [1.807, 2.05) is 51.1 Å². The number of rotatable bonds is 11. The van der Waals surface area contributed by atoms with Gasteiger partial charge in [-0.3, -0.25) is 13.9 Å². The van der Waals surface area contributed by atoms with Crippen molar-refractivity contribution in [3.05, 3.63) is 71.2 Å². The molecule has 1 heterocycles. The molecule has 9 heteroatoms. The van der Waals surface area contributed by atoms with Crippen LogP contribution in [0.25, 0.3) is 10.8 Å². The van der Waals surface area contributed by atoms with E-state index in [-0.39, 0.29) is 37.2 Å². The van der Waals surface area contributed by atoms with E-state index in [9.17, 15) is 18.0 Å². The first-order valence-electron chi connectivity index (χ1n) is 13.0. The van der Waals surface area contributed by atoms with Crippen molar-refractivity contribution in [1.29, 1.82) is 0 Å². The van der Waals surface area contributed by atoms with Crippen molar-refractivity contribution in [2.75, 3.05) is 17.4 Å². The van der Waals surface area contributed by atoms with Crippen LogP contribution in [0.2, 0.25) is 5.02 Å². The maximum absolute atomic E-state index is 13.6. The zero-order chi connectivity index (χ0) is 27.4. The van der Waals surface area contributed by atoms with Crippen LogP contribution in [0.5, 0.6) is 0 Å². The fourth-order valence-corrected chi connectivity index (χ4v) is 6.72. The molecular formula is C29H34ClN3O4S. The summed E-state index contributed by atoms with van der Waals surface area (Å²) in [4.78, 5) is 28.5. The van der Waals surface area contributed by atoms with Gasteiger partial charge in [0.2, 0.25) is 11.8 Å². The Hall–Kier alpha value is -3.10. The number of hydrogen-bond donors (Lipinski definition) is 1. The second kappa shape index (κ2) is 11.7. The number of carbonyl (C=O) groups excluding carboxylic acids is 2. The van der Waals surface area contributed by atoms with Crippen molar-refractivity contribution < 1.29 is 18.0 Å². The fourth-order valence-electron chi connectivity index (χ4n) is 4.85. The molecule has 1 aliphatic heterocycles. The Bertz CT molecular complexity index is 1420. The van der Waals surface area contributed by atoms with Gasteiger partial charge in [0, 0.05) is 36.5 Å². The van der Waals surface area contributed by atoms with E-state index in [2.05, 4.69) is 5.32 Å². The van der Waals surface area contributed by atoms with E-state index >= 15 is 0 Å². The molecule has 1 atom stereocenters. The molecular weight excluding hydrogens is 522 g/mol. The molecule has 0 radical (unpaired) electrons. The second-order valence-electron chi connectivity index (χ2n) is 10.0. The Morgan fingerprint density at radius 1 is 1.03 bits per heavy atom. The summed E-state index contributed by atoms with van der Waals surface area (Å²) in [6.45, 7) is 6.88. The van der Waals surface area contributed by atoms with Crippen molar-refractivity contribution in [3.63, 3.8) is 0 Å². The molecule has 0 spiro atoms. The minimum Gasteiger partial charge on any atom is -0.354 e. The van der Waals surface area contributed by atoms with Gasteiger partial charge in [-0.05, 0) is 54.0 Å². The standard InChI is InChI=1S/C29H34ClN3O4S/c1-4-24(29(35)31-18-20(2)3)32(19-21-13-15-23(30)16-14-21)27(34)12-7-17-33-25-10-5-8-22-9-6-11-26(28(22)25)38(33,36)37/h5-6,8-11,13-16,20,24H,4,7,12,17-19H2,1-3H3,(H,31,35). The van der Waals surface area contributed by atoms with E-state index in [0.29, 0.717) is 35.0 Å². The lowest BCUT2D eigenvalue weighted by Crippen LogP contribution is -2.49. The number of nitrogens with zero attached hydrogens (tertiary/aromatic N) is 2. The number of benzene rings is 3. The summed E-state index contributed by atoms with van der Waals surface area (Å²) in [5.74, 6) is -0.0977. The highest BCUT2D eigenvalue weighted by molar-refractivity contribution is 7.93. The third kappa shape index (κ3) is 5.81. The normalized spacial score (nSPS) is 14.6. The van der Waals surface area contributed by atoms with E-state index < -0.39 is 16.1 Å². The highest BCUT2D eigenvalue weighted by Crippen LogP contribution is 2.42. The number of hydrogen-bond acceptors (Lipinski definition) is 4. The molecule has 0 saturated heterocycles. The van der Waals surface area contributed by atoms with Crippen LogP contribution in [-0.2, 0) is 26.2 Å². The molecule has 0 bridgehead atoms. The first-order valence-corrected chi connectivity index (χ1v) is 14.8. The van der Waals surface area contributed by atoms with Gasteiger partial charge in [-0.25, -0.2) is 8.42 Å². The van der Waals surface area contributed by atoms with E-state index in [1.165, 1.54) is 4.31 Å². The van der Waals surface area contributed by atoms with Gasteiger partial charge in [0.1, 0.15) is 6.04 Å². The minimum atomic E-state index is -3.69. The van der Waals surface area contributed by atoms with Gasteiger partial charge in [-0.1, -0.05) is 68.8 Å². The molecule has 202 valence electrons. The lowest BCUT2D eigenvalue weighted by atomic mass is 10.1. The van der Waals surface area contributed by atoms with Crippen LogP contribution in [0.15, 0.2) is 65.6 Å². The molecule has 7 nitrogen and oxygen atoms in total. The zero-order valence-corrected chi connectivity index (χ0v) is 23.6. The third-order valence-corrected chi connectivity index (χ3v) is 8.88. The maximum Gasteiger partial charge on any atom is 0.265 e. The SMILES string of the molecule is CCC(C(=O)NCC(C)C)N(Cc1ccc(Cl)cc1)C(=O)CCCN1c2cccc3cccc(c23)S1(=O)=O. The average molecular weight is 556 g/mol. The third-order valence-electron chi connectivity index (χ3n) is 6.77. The van der Waals surface area contributed by atoms with E-state index in [1.54, 1.807) is 35.2 Å². The summed E-state index contributed by atoms with van der Waals surface area (Å²) in [7, 11) is -3.69. The highest BCUT2D eigenvalue weighted by atomic mass is 35.5. The number of amides is 2. The molecule has 4 rings (SSSR count). The maximum atomic E-state index is 13.6. The van der Waals surface area contributed by atoms with Crippen LogP contribution in [-0.4, -0.2) is 44.3 Å². The molecule has 1 aliphatic rings. The summed E-state index contributed by atoms with van der Waals surface area (Å²) in [5.41, 5.74) is 1.50. The van der Waals surface area contributed by atoms with Crippen molar-refractivity contribution >= 4 is 49.9 Å². The quantitative estimate of drug-likeness (QED) is 0.345. The summed E-state index contributed by atoms with van der Waals surface area (Å²) in [5, 5.41) is 5.14. The number of sulfonamides is 1. The van der Waals surface area contributed by atoms with Crippen molar-refractivity contribution in [1.82, 2.24) is 10.2 Å². The number of halogens is 1. The topological polar surface area (TPSA) is 86.8 Å². The Morgan fingerprint density at radius 3 is 2.37 bits per heavy atom. The van der Waals surface area contributed by atoms with Crippen molar-refractivity contribution in [2.24, 2.45) is 5.92 Å². The number of nitrogens with one attached hydrogen (secondary N) is 1. The van der Waals surface area contributed by atoms with Gasteiger partial charge in [-0.15, -0.1) is 0 Å². The minimum absolute atomic E-state index is 0.111. The summed E-state index contributed by atoms with van der Waals surface area (Å²) < 4.78 is 28.0. The van der Waals surface area contributed by atoms with Gasteiger partial charge in [0.05, 0.1) is 10.6 Å². The molecule has 38 heavy (non-hydrogen) atoms. The molecule has 1 unspecified atom stereocenters. The molecule has 3 aromatic rings. The molecule has 0 fully saturated rings. The van der Waals surface area contributed by atoms with Crippen LogP contribution in [0.4, 0.5) is 5.69 Å². The monoisotopic (exact) mass is 555 g/mol. The number of carbonyl (C=O) groups is 2. The summed E-state index contributed by atoms with van der Waals surface area (Å²) in [6, 6.07) is 17.4. The Labute approximate surface area is 229 Å². The molecule has 1 N–H and O–H groups in total. The molecule has 2 amide bonds. The van der Waals surface area contributed by atoms with Gasteiger partial charge in [0.15, 0.2) is 0 Å². The van der Waals surface area contributed by atoms with Crippen LogP contribution >= 0.6 is 11.6 Å². The van der Waals surface area contributed by atoms with Gasteiger partial charge < -0.3 is 10.2 Å². The molecule has 0 saturated carbocycles. The smallest absolute Gasteiger partial charge is 0.265 e. The molecule has 0 aromatic heterocycles. The van der Waals surface area contributed by atoms with Crippen molar-refractivity contribution in [3.8, 4) is 0 Å². The van der Waals surface area contributed by atoms with Crippen LogP contribution in [0.3, 0.4) is 0 Å². The second-order valence-corrected chi connectivity index (χ2v) is 12.3. The summed E-state index contributed by atoms with van der Waals surface area (Å²) in [6.07, 6.45) is 0.893. The van der Waals surface area contributed by atoms with Crippen LogP contribution < -0.4 is 9.62 Å². The zero-order valence-electron chi connectivity index (χ0n) is 22.0. The highest BCUT2D eigenvalue weighted by Gasteiger charge is 2.35. The lowest BCUT2D eigenvalue weighted by Gasteiger charge is -2.31. The van der Waals surface area contributed by atoms with E-state index in [4.69, 9.17) is 11.6 Å². The fraction of sp³-hybridized carbons (Fsp3) is 0.379. The first kappa shape index (κ1) is 27.9. The van der Waals surface area contributed by atoms with Gasteiger partial charge >= 0.3 is 0 Å². The van der Waals surface area contributed by atoms with Crippen molar-refractivity contribution in [2.45, 2.75) is 57.5 Å². The number of anilines is 1. The lowest BCUT2D eigenvalue weighted by molar-refractivity contribution is -0.141. The Morgan fingerprint density at radius 2 is 1.71 bits per heavy atom. The predicted molar refractivity (Wildman–Crippen MR) is 152 cm³/mol. The van der Waals surface area contributed by atoms with Crippen LogP contribution in [0.1, 0.15) is 45.6 Å². The van der Waals surface area contributed by atoms with Crippen LogP contribution in [0, 0.1) is 5.92 Å². The van der Waals surface area contributed by atoms with Gasteiger partial charge in [0.25, 0.3) is 10.0 Å². The van der Waals surface area contributed by atoms with Gasteiger partial charge in [-0.2, -0.15) is 0 Å². The Balaban J connectivity index is 1.51. The largest absolute Gasteiger partial charge is 0.354 e. The van der Waals surface area contributed by atoms with E-state index in [0.717, 1.165) is 16.3 Å². The average Bonchev–Trinajstić information content (AvgIpc) is 3.11. The Kier molecular flexibility index (Phi) is 8.63. The summed E-state index contributed by atoms with van der Waals surface area (Å²) >= 11 is 6.04. The first-order chi connectivity index (χ1) is 18.1. The molecule has 3 aromatic carbocycles. The molecule has 0 aliphatic carbocycles. The predicted octanol–water partition coefficient (Wildman–Crippen LogP) is 5.36.